The minimum absolute atomic E-state index is 0.0517. The number of carbonyl (C=O) groups excluding carboxylic acids is 8. The first-order chi connectivity index (χ1) is 28.5. The quantitative estimate of drug-likeness (QED) is 0.0858. The van der Waals surface area contributed by atoms with Gasteiger partial charge in [0.05, 0.1) is 31.4 Å². The van der Waals surface area contributed by atoms with E-state index in [0.717, 1.165) is 0 Å². The summed E-state index contributed by atoms with van der Waals surface area (Å²) in [5, 5.41) is 22.5. The van der Waals surface area contributed by atoms with E-state index in [1.54, 1.807) is 47.8 Å². The Kier molecular flexibility index (Phi) is 24.8. The highest BCUT2D eigenvalue weighted by molar-refractivity contribution is 6.21. The Morgan fingerprint density at radius 3 is 0.650 bits per heavy atom. The first kappa shape index (κ1) is 53.9. The average molecular weight is 836 g/mol. The number of amides is 8. The summed E-state index contributed by atoms with van der Waals surface area (Å²) < 4.78 is 0. The van der Waals surface area contributed by atoms with E-state index in [9.17, 15) is 38.4 Å². The predicted octanol–water partition coefficient (Wildman–Crippen LogP) is -5.97. The topological polar surface area (TPSA) is 246 Å². The summed E-state index contributed by atoms with van der Waals surface area (Å²) in [6, 6.07) is -0.866. The normalized spacial score (nSPS) is 25.3. The number of likely N-dealkylation sites (tertiary alicyclic amines) is 4. The fraction of sp³-hybridized carbons (Fsp3) is 0.778. The van der Waals surface area contributed by atoms with Gasteiger partial charge in [-0.25, -0.2) is 0 Å². The van der Waals surface area contributed by atoms with E-state index in [2.05, 4.69) is 42.5 Å². The lowest BCUT2D eigenvalue weighted by Crippen LogP contribution is -2.44. The van der Waals surface area contributed by atoms with Crippen molar-refractivity contribution in [3.05, 3.63) is 0 Å². The monoisotopic (exact) mass is 837 g/mol. The molecule has 0 unspecified atom stereocenters. The van der Waals surface area contributed by atoms with Gasteiger partial charge >= 0.3 is 0 Å². The van der Waals surface area contributed by atoms with Crippen molar-refractivity contribution < 1.29 is 38.4 Å². The second kappa shape index (κ2) is 27.7. The Balaban J connectivity index is 0.000000400. The standard InChI is InChI=1S/4C9H16BN3O2/c4*1-11-6-3-7(9(15)12-2)13(5-6)8(14)4-10/h4*6-7,11H,3-5H2,1-2H3,(H,12,15)/t4*6-,7-/m0000/s1. The largest absolute Gasteiger partial charge is 0.357 e. The zero-order chi connectivity index (χ0) is 45.7. The Morgan fingerprint density at radius 2 is 0.533 bits per heavy atom. The van der Waals surface area contributed by atoms with Crippen LogP contribution in [0.3, 0.4) is 0 Å². The third-order valence-corrected chi connectivity index (χ3v) is 11.0. The minimum Gasteiger partial charge on any atom is -0.357 e. The Bertz CT molecular complexity index is 1150. The van der Waals surface area contributed by atoms with E-state index in [4.69, 9.17) is 31.4 Å². The van der Waals surface area contributed by atoms with Gasteiger partial charge in [-0.2, -0.15) is 0 Å². The van der Waals surface area contributed by atoms with Gasteiger partial charge in [0.25, 0.3) is 0 Å². The van der Waals surface area contributed by atoms with Crippen LogP contribution >= 0.6 is 0 Å². The van der Waals surface area contributed by atoms with Crippen LogP contribution in [0, 0.1) is 0 Å². The molecule has 8 atom stereocenters. The molecule has 4 rings (SSSR count). The smallest absolute Gasteiger partial charge is 0.242 e. The molecule has 0 spiro atoms. The first-order valence-corrected chi connectivity index (χ1v) is 20.1. The highest BCUT2D eigenvalue weighted by Crippen LogP contribution is 2.21. The maximum atomic E-state index is 11.5. The summed E-state index contributed by atoms with van der Waals surface area (Å²) in [4.78, 5) is 98.3. The maximum absolute atomic E-state index is 11.5. The van der Waals surface area contributed by atoms with Crippen LogP contribution in [-0.4, -0.2) is 229 Å². The molecular weight excluding hydrogens is 772 g/mol. The molecule has 328 valence electrons. The van der Waals surface area contributed by atoms with Crippen LogP contribution in [0.1, 0.15) is 25.7 Å². The van der Waals surface area contributed by atoms with Gasteiger partial charge in [-0.3, -0.25) is 38.4 Å². The molecule has 8 N–H and O–H groups in total. The molecule has 4 aliphatic heterocycles. The lowest BCUT2D eigenvalue weighted by Gasteiger charge is -2.22. The summed E-state index contributed by atoms with van der Waals surface area (Å²) in [5.41, 5.74) is 0. The molecule has 24 heteroatoms. The van der Waals surface area contributed by atoms with E-state index in [-0.39, 0.29) is 121 Å². The van der Waals surface area contributed by atoms with Crippen molar-refractivity contribution in [1.82, 2.24) is 62.1 Å². The van der Waals surface area contributed by atoms with Crippen molar-refractivity contribution in [1.29, 1.82) is 0 Å². The van der Waals surface area contributed by atoms with Crippen LogP contribution in [0.2, 0.25) is 25.3 Å². The lowest BCUT2D eigenvalue weighted by atomic mass is 10.0. The number of carbonyl (C=O) groups is 8. The predicted molar refractivity (Wildman–Crippen MR) is 230 cm³/mol. The van der Waals surface area contributed by atoms with Crippen LogP contribution in [0.25, 0.3) is 0 Å². The van der Waals surface area contributed by atoms with E-state index < -0.39 is 0 Å². The third kappa shape index (κ3) is 15.1. The molecule has 60 heavy (non-hydrogen) atoms. The molecule has 4 saturated heterocycles. The van der Waals surface area contributed by atoms with Gasteiger partial charge in [-0.15, -0.1) is 0 Å². The van der Waals surface area contributed by atoms with Crippen molar-refractivity contribution in [2.24, 2.45) is 0 Å². The number of hydrogen-bond acceptors (Lipinski definition) is 12. The Morgan fingerprint density at radius 1 is 0.367 bits per heavy atom. The summed E-state index contributed by atoms with van der Waals surface area (Å²) in [7, 11) is 34.8. The molecule has 0 bridgehead atoms. The molecule has 0 aromatic heterocycles. The number of likely N-dealkylation sites (N-methyl/N-ethyl adjacent to an activating group) is 8. The molecule has 4 heterocycles. The van der Waals surface area contributed by atoms with Gasteiger partial charge < -0.3 is 62.1 Å². The van der Waals surface area contributed by atoms with E-state index in [1.807, 2.05) is 28.2 Å². The highest BCUT2D eigenvalue weighted by atomic mass is 16.2. The molecule has 0 aromatic carbocycles. The van der Waals surface area contributed by atoms with Gasteiger partial charge in [-0.05, 0) is 79.2 Å². The van der Waals surface area contributed by atoms with Crippen molar-refractivity contribution >= 4 is 78.6 Å². The molecule has 0 saturated carbocycles. The van der Waals surface area contributed by atoms with Crippen molar-refractivity contribution in [2.75, 3.05) is 82.6 Å². The van der Waals surface area contributed by atoms with Gasteiger partial charge in [0, 0.05) is 78.5 Å². The average Bonchev–Trinajstić information content (AvgIpc) is 4.12. The molecule has 8 radical (unpaired) electrons. The second-order valence-corrected chi connectivity index (χ2v) is 14.4. The molecule has 0 aromatic rings. The van der Waals surface area contributed by atoms with Crippen LogP contribution in [0.15, 0.2) is 0 Å². The first-order valence-electron chi connectivity index (χ1n) is 20.1. The van der Waals surface area contributed by atoms with Crippen molar-refractivity contribution in [3.8, 4) is 0 Å². The van der Waals surface area contributed by atoms with Gasteiger partial charge in [0.1, 0.15) is 24.2 Å². The maximum Gasteiger partial charge on any atom is 0.242 e. The van der Waals surface area contributed by atoms with E-state index in [0.29, 0.717) is 51.9 Å². The fourth-order valence-electron chi connectivity index (χ4n) is 7.41. The number of nitrogens with zero attached hydrogens (tertiary/aromatic N) is 4. The number of rotatable bonds is 12. The van der Waals surface area contributed by atoms with Crippen molar-refractivity contribution in [2.45, 2.75) is 99.3 Å². The second-order valence-electron chi connectivity index (χ2n) is 14.4. The zero-order valence-electron chi connectivity index (χ0n) is 36.5. The SMILES string of the molecule is [B]CC(=O)N1C[C@@H](NC)C[C@H]1C(=O)NC.[B]CC(=O)N1C[C@@H](NC)C[C@H]1C(=O)NC.[B]CC(=O)N1C[C@@H](NC)C[C@H]1C(=O)NC.[B]CC(=O)N1C[C@@H](NC)C[C@H]1C(=O)NC. The Hall–Kier alpha value is -4.14. The summed E-state index contributed by atoms with van der Waals surface area (Å²) >= 11 is 0. The summed E-state index contributed by atoms with van der Waals surface area (Å²) in [5.74, 6) is -1.24. The molecule has 4 aliphatic rings. The van der Waals surface area contributed by atoms with Crippen LogP contribution in [0.4, 0.5) is 0 Å². The molecule has 0 aliphatic carbocycles. The third-order valence-electron chi connectivity index (χ3n) is 11.0. The highest BCUT2D eigenvalue weighted by Gasteiger charge is 2.40. The summed E-state index contributed by atoms with van der Waals surface area (Å²) in [6.45, 7) is 2.19. The van der Waals surface area contributed by atoms with Gasteiger partial charge in [-0.1, -0.05) is 0 Å². The molecule has 20 nitrogen and oxygen atoms in total. The molecule has 4 fully saturated rings. The number of hydrogen-bond donors (Lipinski definition) is 8. The van der Waals surface area contributed by atoms with Crippen LogP contribution < -0.4 is 42.5 Å². The number of nitrogens with one attached hydrogen (secondary N) is 8. The zero-order valence-corrected chi connectivity index (χ0v) is 36.5. The van der Waals surface area contributed by atoms with Crippen molar-refractivity contribution in [3.63, 3.8) is 0 Å². The molecule has 8 amide bonds. The molecular formula is C36H64B4N12O8. The van der Waals surface area contributed by atoms with Gasteiger partial charge in [0.15, 0.2) is 0 Å². The van der Waals surface area contributed by atoms with Crippen LogP contribution in [-0.2, 0) is 38.4 Å². The Labute approximate surface area is 360 Å². The van der Waals surface area contributed by atoms with Crippen LogP contribution in [0.5, 0.6) is 0 Å². The summed E-state index contributed by atoms with van der Waals surface area (Å²) in [6.07, 6.45) is 2.36. The fourth-order valence-corrected chi connectivity index (χ4v) is 7.41. The van der Waals surface area contributed by atoms with Gasteiger partial charge in [0.2, 0.25) is 47.3 Å². The lowest BCUT2D eigenvalue weighted by molar-refractivity contribution is -0.136. The minimum atomic E-state index is -0.386. The van der Waals surface area contributed by atoms with E-state index in [1.165, 1.54) is 0 Å². The van der Waals surface area contributed by atoms with E-state index >= 15 is 0 Å².